The minimum absolute atomic E-state index is 0.0511. The van der Waals surface area contributed by atoms with Crippen LogP contribution in [0.1, 0.15) is 46.1 Å². The lowest BCUT2D eigenvalue weighted by Crippen LogP contribution is -2.38. The molecule has 2 heterocycles. The van der Waals surface area contributed by atoms with Crippen molar-refractivity contribution < 1.29 is 14.6 Å². The van der Waals surface area contributed by atoms with E-state index in [2.05, 4.69) is 68.7 Å². The highest BCUT2D eigenvalue weighted by Crippen LogP contribution is 2.35. The number of para-hydroxylation sites is 1. The number of aliphatic hydroxyl groups is 1. The van der Waals surface area contributed by atoms with Gasteiger partial charge in [-0.25, -0.2) is 4.98 Å². The fourth-order valence-electron chi connectivity index (χ4n) is 5.04. The lowest BCUT2D eigenvalue weighted by Gasteiger charge is -2.28. The largest absolute Gasteiger partial charge is 0.492 e. The molecule has 4 aromatic rings. The number of imidazole rings is 1. The number of aromatic nitrogens is 2. The fraction of sp³-hybridized carbons (Fsp3) is 0.312. The Morgan fingerprint density at radius 2 is 1.90 bits per heavy atom. The third kappa shape index (κ3) is 6.75. The highest BCUT2D eigenvalue weighted by molar-refractivity contribution is 7.98. The van der Waals surface area contributed by atoms with Crippen molar-refractivity contribution >= 4 is 17.7 Å². The van der Waals surface area contributed by atoms with E-state index in [1.54, 1.807) is 17.8 Å². The molecule has 8 heteroatoms. The van der Waals surface area contributed by atoms with E-state index in [0.29, 0.717) is 30.9 Å². The number of hydrogen-bond donors (Lipinski definition) is 3. The maximum absolute atomic E-state index is 13.1. The molecule has 1 aliphatic rings. The molecule has 2 atom stereocenters. The summed E-state index contributed by atoms with van der Waals surface area (Å²) in [5.41, 5.74) is 6.21. The average molecular weight is 557 g/mol. The van der Waals surface area contributed by atoms with Crippen molar-refractivity contribution in [1.29, 1.82) is 0 Å². The number of nitrogens with zero attached hydrogens (tertiary/aromatic N) is 2. The number of nitrogens with one attached hydrogen (secondary N) is 2. The van der Waals surface area contributed by atoms with Crippen molar-refractivity contribution in [1.82, 2.24) is 20.2 Å². The number of amides is 1. The van der Waals surface area contributed by atoms with Crippen molar-refractivity contribution in [2.24, 2.45) is 0 Å². The Morgan fingerprint density at radius 3 is 2.67 bits per heavy atom. The van der Waals surface area contributed by atoms with Gasteiger partial charge in [-0.1, -0.05) is 66.7 Å². The van der Waals surface area contributed by atoms with Crippen LogP contribution in [0.15, 0.2) is 85.3 Å². The van der Waals surface area contributed by atoms with E-state index >= 15 is 0 Å². The molecular formula is C32H36N4O3S. The van der Waals surface area contributed by atoms with Gasteiger partial charge in [0.15, 0.2) is 0 Å². The van der Waals surface area contributed by atoms with E-state index < -0.39 is 0 Å². The number of rotatable bonds is 12. The van der Waals surface area contributed by atoms with Gasteiger partial charge in [0.2, 0.25) is 0 Å². The first kappa shape index (κ1) is 28.0. The van der Waals surface area contributed by atoms with Gasteiger partial charge in [-0.15, -0.1) is 0 Å². The van der Waals surface area contributed by atoms with Crippen molar-refractivity contribution in [3.8, 4) is 16.9 Å². The number of carbonyl (C=O) groups is 1. The maximum Gasteiger partial charge on any atom is 0.255 e. The second kappa shape index (κ2) is 13.7. The molecule has 0 aliphatic carbocycles. The molecule has 1 aliphatic heterocycles. The summed E-state index contributed by atoms with van der Waals surface area (Å²) in [6.07, 6.45) is 7.31. The first-order valence-corrected chi connectivity index (χ1v) is 15.1. The van der Waals surface area contributed by atoms with Crippen molar-refractivity contribution in [3.05, 3.63) is 108 Å². The molecule has 2 unspecified atom stereocenters. The van der Waals surface area contributed by atoms with Crippen LogP contribution in [0, 0.1) is 0 Å². The molecule has 5 rings (SSSR count). The number of aliphatic hydroxyl groups excluding tert-OH is 1. The molecule has 0 bridgehead atoms. The molecule has 0 fully saturated rings. The van der Waals surface area contributed by atoms with E-state index in [4.69, 9.17) is 4.74 Å². The van der Waals surface area contributed by atoms with Gasteiger partial charge in [0.25, 0.3) is 5.91 Å². The van der Waals surface area contributed by atoms with Crippen LogP contribution >= 0.6 is 11.8 Å². The smallest absolute Gasteiger partial charge is 0.255 e. The van der Waals surface area contributed by atoms with E-state index in [9.17, 15) is 9.90 Å². The number of thioether (sulfide) groups is 1. The zero-order valence-corrected chi connectivity index (χ0v) is 23.6. The lowest BCUT2D eigenvalue weighted by atomic mass is 9.97. The lowest BCUT2D eigenvalue weighted by molar-refractivity contribution is 0.0909. The molecular weight excluding hydrogens is 520 g/mol. The molecule has 0 spiro atoms. The van der Waals surface area contributed by atoms with Crippen LogP contribution in [0.4, 0.5) is 0 Å². The third-order valence-electron chi connectivity index (χ3n) is 7.29. The molecule has 0 saturated heterocycles. The summed E-state index contributed by atoms with van der Waals surface area (Å²) in [6, 6.07) is 24.5. The van der Waals surface area contributed by atoms with Gasteiger partial charge >= 0.3 is 0 Å². The SMILES string of the molecule is CSCCC(CO)NC(=O)c1cccc2c1OCCC2NCc1cncn1Cc1ccc(-c2ccccc2)cc1. The number of fused-ring (bicyclic) bond motifs is 1. The summed E-state index contributed by atoms with van der Waals surface area (Å²) >= 11 is 1.69. The molecule has 1 aromatic heterocycles. The van der Waals surface area contributed by atoms with Crippen molar-refractivity contribution in [3.63, 3.8) is 0 Å². The topological polar surface area (TPSA) is 88.4 Å². The van der Waals surface area contributed by atoms with Gasteiger partial charge in [0.05, 0.1) is 36.8 Å². The zero-order chi connectivity index (χ0) is 27.7. The van der Waals surface area contributed by atoms with Crippen LogP contribution in [0.3, 0.4) is 0 Å². The van der Waals surface area contributed by atoms with Gasteiger partial charge in [-0.3, -0.25) is 4.79 Å². The Bertz CT molecular complexity index is 1390. The first-order chi connectivity index (χ1) is 19.7. The molecule has 7 nitrogen and oxygen atoms in total. The summed E-state index contributed by atoms with van der Waals surface area (Å²) in [7, 11) is 0. The minimum atomic E-state index is -0.275. The summed E-state index contributed by atoms with van der Waals surface area (Å²) in [6.45, 7) is 1.82. The zero-order valence-electron chi connectivity index (χ0n) is 22.8. The first-order valence-electron chi connectivity index (χ1n) is 13.7. The maximum atomic E-state index is 13.1. The molecule has 3 aromatic carbocycles. The standard InChI is InChI=1S/C32H36N4O3S/c1-40-17-15-26(21-37)35-32(38)29-9-5-8-28-30(14-16-39-31(28)29)34-19-27-18-33-22-36(27)20-23-10-12-25(13-11-23)24-6-3-2-4-7-24/h2-13,18,22,26,30,34,37H,14-17,19-21H2,1H3,(H,35,38). The number of hydrogen-bond acceptors (Lipinski definition) is 6. The van der Waals surface area contributed by atoms with E-state index in [-0.39, 0.29) is 24.6 Å². The normalized spacial score (nSPS) is 15.2. The summed E-state index contributed by atoms with van der Waals surface area (Å²) in [5.74, 6) is 1.28. The average Bonchev–Trinajstić information content (AvgIpc) is 3.45. The molecule has 40 heavy (non-hydrogen) atoms. The second-order valence-electron chi connectivity index (χ2n) is 10.0. The number of carbonyl (C=O) groups excluding carboxylic acids is 1. The minimum Gasteiger partial charge on any atom is -0.492 e. The van der Waals surface area contributed by atoms with Crippen LogP contribution in [-0.2, 0) is 13.1 Å². The Balaban J connectivity index is 1.24. The Labute approximate surface area is 240 Å². The van der Waals surface area contributed by atoms with Crippen molar-refractivity contribution in [2.75, 3.05) is 25.2 Å². The summed E-state index contributed by atoms with van der Waals surface area (Å²) in [4.78, 5) is 17.5. The fourth-order valence-corrected chi connectivity index (χ4v) is 5.56. The number of benzene rings is 3. The van der Waals surface area contributed by atoms with Crippen LogP contribution < -0.4 is 15.4 Å². The molecule has 208 valence electrons. The third-order valence-corrected chi connectivity index (χ3v) is 7.93. The van der Waals surface area contributed by atoms with Gasteiger partial charge in [-0.05, 0) is 41.2 Å². The molecule has 3 N–H and O–H groups in total. The van der Waals surface area contributed by atoms with Gasteiger partial charge in [0.1, 0.15) is 5.75 Å². The van der Waals surface area contributed by atoms with Crippen LogP contribution in [-0.4, -0.2) is 51.8 Å². The highest BCUT2D eigenvalue weighted by Gasteiger charge is 2.27. The van der Waals surface area contributed by atoms with Gasteiger partial charge < -0.3 is 25.0 Å². The van der Waals surface area contributed by atoms with Gasteiger partial charge in [-0.2, -0.15) is 11.8 Å². The Morgan fingerprint density at radius 1 is 1.10 bits per heavy atom. The van der Waals surface area contributed by atoms with Crippen LogP contribution in [0.25, 0.3) is 11.1 Å². The molecule has 0 radical (unpaired) electrons. The Kier molecular flexibility index (Phi) is 9.54. The van der Waals surface area contributed by atoms with Crippen LogP contribution in [0.2, 0.25) is 0 Å². The van der Waals surface area contributed by atoms with E-state index in [1.165, 1.54) is 16.7 Å². The Hall–Kier alpha value is -3.59. The highest BCUT2D eigenvalue weighted by atomic mass is 32.2. The molecule has 0 saturated carbocycles. The van der Waals surface area contributed by atoms with Crippen LogP contribution in [0.5, 0.6) is 5.75 Å². The quantitative estimate of drug-likeness (QED) is 0.226. The van der Waals surface area contributed by atoms with E-state index in [0.717, 1.165) is 30.0 Å². The number of ether oxygens (including phenoxy) is 1. The summed E-state index contributed by atoms with van der Waals surface area (Å²) in [5, 5.41) is 16.3. The summed E-state index contributed by atoms with van der Waals surface area (Å²) < 4.78 is 8.16. The predicted molar refractivity (Wildman–Crippen MR) is 161 cm³/mol. The second-order valence-corrected chi connectivity index (χ2v) is 11.0. The predicted octanol–water partition coefficient (Wildman–Crippen LogP) is 5.06. The van der Waals surface area contributed by atoms with E-state index in [1.807, 2.05) is 37.0 Å². The monoisotopic (exact) mass is 556 g/mol. The van der Waals surface area contributed by atoms with Crippen molar-refractivity contribution in [2.45, 2.75) is 38.0 Å². The van der Waals surface area contributed by atoms with Gasteiger partial charge in [0, 0.05) is 37.3 Å². The molecule has 1 amide bonds.